The zero-order valence-corrected chi connectivity index (χ0v) is 13.7. The summed E-state index contributed by atoms with van der Waals surface area (Å²) in [6.07, 6.45) is 3.95. The summed E-state index contributed by atoms with van der Waals surface area (Å²) in [4.78, 5) is 12.2. The van der Waals surface area contributed by atoms with Gasteiger partial charge in [0.15, 0.2) is 5.69 Å². The van der Waals surface area contributed by atoms with Crippen LogP contribution in [0.4, 0.5) is 10.1 Å². The molecule has 1 unspecified atom stereocenters. The number of hydrogen-bond acceptors (Lipinski definition) is 3. The number of aromatic nitrogens is 2. The molecule has 1 amide bonds. The van der Waals surface area contributed by atoms with Gasteiger partial charge < -0.3 is 10.6 Å². The van der Waals surface area contributed by atoms with Crippen molar-refractivity contribution in [3.05, 3.63) is 47.5 Å². The van der Waals surface area contributed by atoms with Gasteiger partial charge in [0.2, 0.25) is 0 Å². The van der Waals surface area contributed by atoms with Crippen molar-refractivity contribution in [2.75, 3.05) is 18.4 Å². The van der Waals surface area contributed by atoms with Gasteiger partial charge in [0.1, 0.15) is 5.82 Å². The van der Waals surface area contributed by atoms with Crippen molar-refractivity contribution < 1.29 is 9.18 Å². The predicted octanol–water partition coefficient (Wildman–Crippen LogP) is 2.93. The van der Waals surface area contributed by atoms with Gasteiger partial charge in [-0.15, -0.1) is 12.4 Å². The number of hydrogen-bond donors (Lipinski definition) is 2. The molecular weight excluding hydrogens is 319 g/mol. The van der Waals surface area contributed by atoms with Crippen molar-refractivity contribution in [1.82, 2.24) is 15.1 Å². The standard InChI is InChI=1S/C16H19FN4O.ClH/c1-11-4-5-14(13(17)9-11)19-16(22)15-6-8-21(20-15)12-3-2-7-18-10-12;/h4-6,8-9,12,18H,2-3,7,10H2,1H3,(H,19,22);1H. The Hall–Kier alpha value is -1.92. The predicted molar refractivity (Wildman–Crippen MR) is 89.7 cm³/mol. The van der Waals surface area contributed by atoms with Gasteiger partial charge >= 0.3 is 0 Å². The lowest BCUT2D eigenvalue weighted by atomic mass is 10.1. The molecule has 0 saturated carbocycles. The molecule has 1 aliphatic heterocycles. The van der Waals surface area contributed by atoms with Crippen molar-refractivity contribution in [2.24, 2.45) is 0 Å². The molecule has 1 aromatic carbocycles. The average Bonchev–Trinajstić information content (AvgIpc) is 3.01. The summed E-state index contributed by atoms with van der Waals surface area (Å²) in [7, 11) is 0. The molecule has 2 N–H and O–H groups in total. The van der Waals surface area contributed by atoms with Crippen LogP contribution >= 0.6 is 12.4 Å². The molecule has 1 fully saturated rings. The van der Waals surface area contributed by atoms with E-state index in [1.807, 2.05) is 4.68 Å². The zero-order chi connectivity index (χ0) is 15.5. The number of aryl methyl sites for hydroxylation is 1. The Morgan fingerprint density at radius 1 is 1.43 bits per heavy atom. The maximum absolute atomic E-state index is 13.8. The van der Waals surface area contributed by atoms with Crippen molar-refractivity contribution >= 4 is 24.0 Å². The molecule has 0 radical (unpaired) electrons. The highest BCUT2D eigenvalue weighted by Gasteiger charge is 2.18. The van der Waals surface area contributed by atoms with Gasteiger partial charge in [0, 0.05) is 12.7 Å². The summed E-state index contributed by atoms with van der Waals surface area (Å²) in [6, 6.07) is 6.64. The van der Waals surface area contributed by atoms with Crippen LogP contribution in [0.1, 0.15) is 34.9 Å². The summed E-state index contributed by atoms with van der Waals surface area (Å²) >= 11 is 0. The minimum absolute atomic E-state index is 0. The summed E-state index contributed by atoms with van der Waals surface area (Å²) in [5.41, 5.74) is 1.28. The molecule has 2 aromatic rings. The molecule has 1 atom stereocenters. The van der Waals surface area contributed by atoms with Gasteiger partial charge in [0.05, 0.1) is 11.7 Å². The first-order valence-electron chi connectivity index (χ1n) is 7.47. The summed E-state index contributed by atoms with van der Waals surface area (Å²) in [6.45, 7) is 3.68. The molecule has 2 heterocycles. The van der Waals surface area contributed by atoms with Crippen molar-refractivity contribution in [3.8, 4) is 0 Å². The first-order valence-corrected chi connectivity index (χ1v) is 7.47. The highest BCUT2D eigenvalue weighted by atomic mass is 35.5. The number of rotatable bonds is 3. The monoisotopic (exact) mass is 338 g/mol. The third-order valence-corrected chi connectivity index (χ3v) is 3.86. The normalized spacial score (nSPS) is 17.4. The largest absolute Gasteiger partial charge is 0.318 e. The fourth-order valence-corrected chi connectivity index (χ4v) is 2.63. The summed E-state index contributed by atoms with van der Waals surface area (Å²) in [5, 5.41) is 10.2. The number of nitrogens with one attached hydrogen (secondary N) is 2. The summed E-state index contributed by atoms with van der Waals surface area (Å²) < 4.78 is 15.6. The SMILES string of the molecule is Cc1ccc(NC(=O)c2ccn(C3CCCNC3)n2)c(F)c1.Cl. The molecule has 0 aliphatic carbocycles. The number of carbonyl (C=O) groups is 1. The summed E-state index contributed by atoms with van der Waals surface area (Å²) in [5.74, 6) is -0.838. The smallest absolute Gasteiger partial charge is 0.276 e. The molecule has 0 bridgehead atoms. The van der Waals surface area contributed by atoms with E-state index in [2.05, 4.69) is 15.7 Å². The van der Waals surface area contributed by atoms with E-state index in [1.165, 1.54) is 6.07 Å². The Morgan fingerprint density at radius 2 is 2.26 bits per heavy atom. The molecule has 124 valence electrons. The Morgan fingerprint density at radius 3 is 2.96 bits per heavy atom. The molecule has 1 aromatic heterocycles. The minimum atomic E-state index is -0.440. The van der Waals surface area contributed by atoms with Gasteiger partial charge in [-0.1, -0.05) is 6.07 Å². The second-order valence-electron chi connectivity index (χ2n) is 5.62. The van der Waals surface area contributed by atoms with E-state index in [0.29, 0.717) is 5.69 Å². The van der Waals surface area contributed by atoms with Crippen molar-refractivity contribution in [2.45, 2.75) is 25.8 Å². The number of nitrogens with zero attached hydrogens (tertiary/aromatic N) is 2. The maximum Gasteiger partial charge on any atom is 0.276 e. The number of amides is 1. The first-order chi connectivity index (χ1) is 10.6. The third-order valence-electron chi connectivity index (χ3n) is 3.86. The van der Waals surface area contributed by atoms with Crippen LogP contribution < -0.4 is 10.6 Å². The van der Waals surface area contributed by atoms with E-state index in [0.717, 1.165) is 31.5 Å². The Labute approximate surface area is 140 Å². The van der Waals surface area contributed by atoms with Crippen LogP contribution in [0.2, 0.25) is 0 Å². The molecule has 23 heavy (non-hydrogen) atoms. The number of anilines is 1. The van der Waals surface area contributed by atoms with Gasteiger partial charge in [-0.3, -0.25) is 9.48 Å². The van der Waals surface area contributed by atoms with Crippen LogP contribution in [-0.2, 0) is 0 Å². The average molecular weight is 339 g/mol. The van der Waals surface area contributed by atoms with Crippen molar-refractivity contribution in [3.63, 3.8) is 0 Å². The van der Waals surface area contributed by atoms with E-state index in [9.17, 15) is 9.18 Å². The first kappa shape index (κ1) is 17.4. The van der Waals surface area contributed by atoms with Crippen molar-refractivity contribution in [1.29, 1.82) is 0 Å². The third kappa shape index (κ3) is 4.09. The number of piperidine rings is 1. The Bertz CT molecular complexity index is 682. The van der Waals surface area contributed by atoms with E-state index in [1.54, 1.807) is 31.3 Å². The van der Waals surface area contributed by atoms with E-state index >= 15 is 0 Å². The zero-order valence-electron chi connectivity index (χ0n) is 12.9. The van der Waals surface area contributed by atoms with Crippen LogP contribution in [0.5, 0.6) is 0 Å². The highest BCUT2D eigenvalue weighted by Crippen LogP contribution is 2.18. The van der Waals surface area contributed by atoms with Crippen LogP contribution in [0.15, 0.2) is 30.5 Å². The maximum atomic E-state index is 13.8. The quantitative estimate of drug-likeness (QED) is 0.904. The fraction of sp³-hybridized carbons (Fsp3) is 0.375. The van der Waals surface area contributed by atoms with Crippen LogP contribution in [-0.4, -0.2) is 28.8 Å². The fourth-order valence-electron chi connectivity index (χ4n) is 2.63. The lowest BCUT2D eigenvalue weighted by molar-refractivity contribution is 0.102. The van der Waals surface area contributed by atoms with Crippen LogP contribution in [0.3, 0.4) is 0 Å². The molecule has 1 aliphatic rings. The second-order valence-corrected chi connectivity index (χ2v) is 5.62. The molecular formula is C16H20ClFN4O. The van der Waals surface area contributed by atoms with Crippen LogP contribution in [0, 0.1) is 12.7 Å². The van der Waals surface area contributed by atoms with Gasteiger partial charge in [-0.05, 0) is 50.1 Å². The lowest BCUT2D eigenvalue weighted by Crippen LogP contribution is -2.32. The minimum Gasteiger partial charge on any atom is -0.318 e. The Balaban J connectivity index is 0.00000192. The molecule has 5 nitrogen and oxygen atoms in total. The van der Waals surface area contributed by atoms with Crippen LogP contribution in [0.25, 0.3) is 0 Å². The second kappa shape index (κ2) is 7.57. The highest BCUT2D eigenvalue weighted by molar-refractivity contribution is 6.02. The molecule has 1 saturated heterocycles. The van der Waals surface area contributed by atoms with Gasteiger partial charge in [-0.2, -0.15) is 5.10 Å². The molecule has 0 spiro atoms. The number of benzene rings is 1. The van der Waals surface area contributed by atoms with Gasteiger partial charge in [0.25, 0.3) is 5.91 Å². The van der Waals surface area contributed by atoms with E-state index in [-0.39, 0.29) is 24.1 Å². The number of carbonyl (C=O) groups excluding carboxylic acids is 1. The lowest BCUT2D eigenvalue weighted by Gasteiger charge is -2.22. The molecule has 3 rings (SSSR count). The number of halogens is 2. The van der Waals surface area contributed by atoms with E-state index < -0.39 is 11.7 Å². The van der Waals surface area contributed by atoms with E-state index in [4.69, 9.17) is 0 Å². The topological polar surface area (TPSA) is 59.0 Å². The Kier molecular flexibility index (Phi) is 5.74. The molecule has 7 heteroatoms. The van der Waals surface area contributed by atoms with Gasteiger partial charge in [-0.25, -0.2) is 4.39 Å².